The number of aliphatic hydroxyl groups is 1. The Morgan fingerprint density at radius 1 is 1.58 bits per heavy atom. The topological polar surface area (TPSA) is 40.5 Å². The number of carbonyl (C=O) groups excluding carboxylic acids is 1. The van der Waals surface area contributed by atoms with Crippen molar-refractivity contribution in [3.05, 3.63) is 0 Å². The lowest BCUT2D eigenvalue weighted by Crippen LogP contribution is -2.53. The maximum atomic E-state index is 11.3. The minimum absolute atomic E-state index is 0.274. The van der Waals surface area contributed by atoms with Crippen molar-refractivity contribution in [2.24, 2.45) is 0 Å². The SMILES string of the molecule is CC1(O)CC(N2CCCC2=O)C1. The molecule has 1 amide bonds. The molecular weight excluding hydrogens is 154 g/mol. The van der Waals surface area contributed by atoms with E-state index in [1.54, 1.807) is 0 Å². The summed E-state index contributed by atoms with van der Waals surface area (Å²) in [5.41, 5.74) is -0.506. The van der Waals surface area contributed by atoms with Gasteiger partial charge in [0.25, 0.3) is 0 Å². The van der Waals surface area contributed by atoms with Crippen LogP contribution in [-0.4, -0.2) is 34.1 Å². The van der Waals surface area contributed by atoms with Crippen LogP contribution in [-0.2, 0) is 4.79 Å². The van der Waals surface area contributed by atoms with Crippen LogP contribution in [0.1, 0.15) is 32.6 Å². The van der Waals surface area contributed by atoms with Crippen molar-refractivity contribution >= 4 is 5.91 Å². The molecule has 1 aliphatic heterocycles. The van der Waals surface area contributed by atoms with Gasteiger partial charge in [0.2, 0.25) is 5.91 Å². The van der Waals surface area contributed by atoms with Crippen LogP contribution in [0.5, 0.6) is 0 Å². The molecular formula is C9H15NO2. The van der Waals surface area contributed by atoms with Gasteiger partial charge in [0.1, 0.15) is 0 Å². The van der Waals surface area contributed by atoms with Crippen molar-refractivity contribution in [2.75, 3.05) is 6.54 Å². The second kappa shape index (κ2) is 2.46. The zero-order chi connectivity index (χ0) is 8.77. The van der Waals surface area contributed by atoms with E-state index in [1.807, 2.05) is 11.8 Å². The van der Waals surface area contributed by atoms with E-state index in [4.69, 9.17) is 0 Å². The third-order valence-electron chi connectivity index (χ3n) is 2.90. The Hall–Kier alpha value is -0.570. The molecule has 2 aliphatic rings. The Morgan fingerprint density at radius 3 is 2.67 bits per heavy atom. The van der Waals surface area contributed by atoms with Crippen LogP contribution >= 0.6 is 0 Å². The van der Waals surface area contributed by atoms with Gasteiger partial charge in [-0.1, -0.05) is 0 Å². The third-order valence-corrected chi connectivity index (χ3v) is 2.90. The lowest BCUT2D eigenvalue weighted by atomic mass is 9.76. The number of likely N-dealkylation sites (tertiary alicyclic amines) is 1. The van der Waals surface area contributed by atoms with Gasteiger partial charge in [-0.3, -0.25) is 4.79 Å². The first kappa shape index (κ1) is 8.05. The summed E-state index contributed by atoms with van der Waals surface area (Å²) in [7, 11) is 0. The molecule has 0 unspecified atom stereocenters. The van der Waals surface area contributed by atoms with Crippen molar-refractivity contribution in [1.29, 1.82) is 0 Å². The maximum Gasteiger partial charge on any atom is 0.222 e. The van der Waals surface area contributed by atoms with E-state index in [1.165, 1.54) is 0 Å². The van der Waals surface area contributed by atoms with Crippen LogP contribution in [0.15, 0.2) is 0 Å². The van der Waals surface area contributed by atoms with E-state index in [0.717, 1.165) is 25.8 Å². The monoisotopic (exact) mass is 169 g/mol. The third kappa shape index (κ3) is 1.22. The summed E-state index contributed by atoms with van der Waals surface area (Å²) >= 11 is 0. The zero-order valence-corrected chi connectivity index (χ0v) is 7.42. The van der Waals surface area contributed by atoms with Crippen LogP contribution < -0.4 is 0 Å². The van der Waals surface area contributed by atoms with Crippen molar-refractivity contribution in [1.82, 2.24) is 4.90 Å². The van der Waals surface area contributed by atoms with Gasteiger partial charge in [-0.2, -0.15) is 0 Å². The molecule has 0 spiro atoms. The summed E-state index contributed by atoms with van der Waals surface area (Å²) in [6, 6.07) is 0.329. The highest BCUT2D eigenvalue weighted by Gasteiger charge is 2.43. The average Bonchev–Trinajstić information content (AvgIpc) is 2.30. The number of rotatable bonds is 1. The summed E-state index contributed by atoms with van der Waals surface area (Å²) in [5, 5.41) is 9.49. The summed E-state index contributed by atoms with van der Waals surface area (Å²) in [6.45, 7) is 2.74. The number of nitrogens with zero attached hydrogens (tertiary/aromatic N) is 1. The minimum atomic E-state index is -0.506. The number of amides is 1. The summed E-state index contributed by atoms with van der Waals surface area (Å²) in [6.07, 6.45) is 3.23. The molecule has 0 bridgehead atoms. The largest absolute Gasteiger partial charge is 0.390 e. The molecule has 0 aromatic heterocycles. The first-order valence-corrected chi connectivity index (χ1v) is 4.60. The quantitative estimate of drug-likeness (QED) is 0.621. The van der Waals surface area contributed by atoms with Gasteiger partial charge < -0.3 is 10.0 Å². The Labute approximate surface area is 72.4 Å². The van der Waals surface area contributed by atoms with Crippen molar-refractivity contribution in [2.45, 2.75) is 44.2 Å². The molecule has 1 N–H and O–H groups in total. The first-order valence-electron chi connectivity index (χ1n) is 4.60. The molecule has 0 atom stereocenters. The van der Waals surface area contributed by atoms with Crippen LogP contribution in [0.3, 0.4) is 0 Å². The van der Waals surface area contributed by atoms with Gasteiger partial charge in [0.05, 0.1) is 5.60 Å². The van der Waals surface area contributed by atoms with Crippen molar-refractivity contribution in [3.63, 3.8) is 0 Å². The lowest BCUT2D eigenvalue weighted by Gasteiger charge is -2.45. The van der Waals surface area contributed by atoms with E-state index in [0.29, 0.717) is 12.5 Å². The highest BCUT2D eigenvalue weighted by Crippen LogP contribution is 2.36. The first-order chi connectivity index (χ1) is 5.58. The maximum absolute atomic E-state index is 11.3. The Bertz CT molecular complexity index is 205. The predicted molar refractivity (Wildman–Crippen MR) is 44.6 cm³/mol. The van der Waals surface area contributed by atoms with Crippen molar-refractivity contribution < 1.29 is 9.90 Å². The van der Waals surface area contributed by atoms with Gasteiger partial charge in [-0.05, 0) is 26.2 Å². The average molecular weight is 169 g/mol. The fraction of sp³-hybridized carbons (Fsp3) is 0.889. The van der Waals surface area contributed by atoms with Crippen LogP contribution in [0, 0.1) is 0 Å². The second-order valence-electron chi connectivity index (χ2n) is 4.25. The normalized spacial score (nSPS) is 41.7. The second-order valence-corrected chi connectivity index (χ2v) is 4.25. The molecule has 12 heavy (non-hydrogen) atoms. The van der Waals surface area contributed by atoms with Gasteiger partial charge >= 0.3 is 0 Å². The number of hydrogen-bond donors (Lipinski definition) is 1. The number of carbonyl (C=O) groups is 1. The molecule has 2 rings (SSSR count). The zero-order valence-electron chi connectivity index (χ0n) is 7.42. The summed E-state index contributed by atoms with van der Waals surface area (Å²) < 4.78 is 0. The molecule has 1 saturated heterocycles. The van der Waals surface area contributed by atoms with Crippen molar-refractivity contribution in [3.8, 4) is 0 Å². The smallest absolute Gasteiger partial charge is 0.222 e. The van der Waals surface area contributed by atoms with Gasteiger partial charge in [0.15, 0.2) is 0 Å². The Balaban J connectivity index is 1.92. The van der Waals surface area contributed by atoms with E-state index < -0.39 is 5.60 Å². The molecule has 68 valence electrons. The van der Waals surface area contributed by atoms with Crippen LogP contribution in [0.2, 0.25) is 0 Å². The fourth-order valence-corrected chi connectivity index (χ4v) is 2.23. The molecule has 0 aromatic carbocycles. The van der Waals surface area contributed by atoms with Crippen LogP contribution in [0.4, 0.5) is 0 Å². The van der Waals surface area contributed by atoms with Gasteiger partial charge in [-0.15, -0.1) is 0 Å². The van der Waals surface area contributed by atoms with E-state index in [-0.39, 0.29) is 5.91 Å². The lowest BCUT2D eigenvalue weighted by molar-refractivity contribution is -0.138. The Kier molecular flexibility index (Phi) is 1.65. The molecule has 1 aliphatic carbocycles. The minimum Gasteiger partial charge on any atom is -0.390 e. The molecule has 3 heteroatoms. The standard InChI is InChI=1S/C9H15NO2/c1-9(12)5-7(6-9)10-4-2-3-8(10)11/h7,12H,2-6H2,1H3. The van der Waals surface area contributed by atoms with Crippen LogP contribution in [0.25, 0.3) is 0 Å². The molecule has 0 radical (unpaired) electrons. The van der Waals surface area contributed by atoms with Gasteiger partial charge in [0, 0.05) is 19.0 Å². The summed E-state index contributed by atoms with van der Waals surface area (Å²) in [5.74, 6) is 0.274. The highest BCUT2D eigenvalue weighted by molar-refractivity contribution is 5.78. The predicted octanol–water partition coefficient (Wildman–Crippen LogP) is 0.522. The highest BCUT2D eigenvalue weighted by atomic mass is 16.3. The number of hydrogen-bond acceptors (Lipinski definition) is 2. The fourth-order valence-electron chi connectivity index (χ4n) is 2.23. The molecule has 1 saturated carbocycles. The van der Waals surface area contributed by atoms with E-state index >= 15 is 0 Å². The Morgan fingerprint density at radius 2 is 2.25 bits per heavy atom. The molecule has 3 nitrogen and oxygen atoms in total. The van der Waals surface area contributed by atoms with Gasteiger partial charge in [-0.25, -0.2) is 0 Å². The molecule has 0 aromatic rings. The summed E-state index contributed by atoms with van der Waals surface area (Å²) in [4.78, 5) is 13.2. The van der Waals surface area contributed by atoms with E-state index in [9.17, 15) is 9.90 Å². The molecule has 2 fully saturated rings. The van der Waals surface area contributed by atoms with E-state index in [2.05, 4.69) is 0 Å². The molecule has 1 heterocycles.